The van der Waals surface area contributed by atoms with Crippen molar-refractivity contribution in [1.82, 2.24) is 0 Å². The Balaban J connectivity index is 0.00000676. The van der Waals surface area contributed by atoms with Gasteiger partial charge in [0.25, 0.3) is 0 Å². The van der Waals surface area contributed by atoms with Crippen LogP contribution in [0.25, 0.3) is 0 Å². The SMILES string of the molecule is CCCCCCCCCCCCCCCCC(Br)c1ccc(O)cc1C.[SH3+]. The highest BCUT2D eigenvalue weighted by Gasteiger charge is 2.10. The lowest BCUT2D eigenvalue weighted by Gasteiger charge is -2.13. The Hall–Kier alpha value is -0.150. The van der Waals surface area contributed by atoms with E-state index in [0.717, 1.165) is 0 Å². The van der Waals surface area contributed by atoms with Gasteiger partial charge in [-0.3, -0.25) is 0 Å². The lowest BCUT2D eigenvalue weighted by Crippen LogP contribution is -1.94. The number of hydrogen-bond donors (Lipinski definition) is 1. The minimum absolute atomic E-state index is 0. The lowest BCUT2D eigenvalue weighted by molar-refractivity contribution is 0.474. The molecule has 0 bridgehead atoms. The Bertz CT molecular complexity index is 464. The van der Waals surface area contributed by atoms with Crippen LogP contribution in [0, 0.1) is 6.92 Å². The standard InChI is InChI=1S/C24H41BrO.H2S/c1-3-4-5-6-7-8-9-10-11-12-13-14-15-16-17-24(25)23-19-18-22(26)20-21(23)2;/h18-20,24,26H,3-17H2,1-2H3;1H2/p+1. The van der Waals surface area contributed by atoms with Crippen molar-refractivity contribution in [3.8, 4) is 5.75 Å². The largest absolute Gasteiger partial charge is 0.508 e. The molecule has 1 aromatic rings. The van der Waals surface area contributed by atoms with Crippen molar-refractivity contribution in [3.05, 3.63) is 29.3 Å². The number of benzene rings is 1. The monoisotopic (exact) mass is 459 g/mol. The number of hydrogen-bond acceptors (Lipinski definition) is 1. The zero-order valence-electron chi connectivity index (χ0n) is 17.8. The Morgan fingerprint density at radius 3 is 1.67 bits per heavy atom. The normalized spacial score (nSPS) is 12.0. The van der Waals surface area contributed by atoms with Crippen molar-refractivity contribution in [3.63, 3.8) is 0 Å². The third-order valence-electron chi connectivity index (χ3n) is 5.40. The topological polar surface area (TPSA) is 20.2 Å². The van der Waals surface area contributed by atoms with Crippen LogP contribution in [0.2, 0.25) is 0 Å². The third kappa shape index (κ3) is 13.6. The molecule has 0 spiro atoms. The first kappa shape index (κ1) is 26.9. The van der Waals surface area contributed by atoms with Crippen molar-refractivity contribution in [2.45, 2.75) is 115 Å². The number of halogens is 1. The van der Waals surface area contributed by atoms with E-state index < -0.39 is 0 Å². The van der Waals surface area contributed by atoms with Crippen LogP contribution in [0.3, 0.4) is 0 Å². The summed E-state index contributed by atoms with van der Waals surface area (Å²) in [5.74, 6) is 0.363. The summed E-state index contributed by atoms with van der Waals surface area (Å²) in [6, 6.07) is 5.70. The number of aryl methyl sites for hydroxylation is 1. The molecular weight excluding hydrogens is 416 g/mol. The molecule has 0 aliphatic carbocycles. The molecule has 0 amide bonds. The molecule has 0 heterocycles. The number of rotatable bonds is 16. The van der Waals surface area contributed by atoms with E-state index in [1.54, 1.807) is 6.07 Å². The van der Waals surface area contributed by atoms with Gasteiger partial charge in [-0.1, -0.05) is 132 Å². The van der Waals surface area contributed by atoms with Crippen LogP contribution < -0.4 is 0 Å². The molecule has 1 N–H and O–H groups in total. The lowest BCUT2D eigenvalue weighted by atomic mass is 10.0. The van der Waals surface area contributed by atoms with E-state index in [0.29, 0.717) is 10.6 Å². The minimum atomic E-state index is 0. The van der Waals surface area contributed by atoms with Crippen LogP contribution in [0.15, 0.2) is 18.2 Å². The molecule has 0 aliphatic heterocycles. The fraction of sp³-hybridized carbons (Fsp3) is 0.750. The first-order valence-corrected chi connectivity index (χ1v) is 12.0. The average molecular weight is 461 g/mol. The number of unbranched alkanes of at least 4 members (excludes halogenated alkanes) is 13. The Labute approximate surface area is 184 Å². The predicted molar refractivity (Wildman–Crippen MR) is 131 cm³/mol. The van der Waals surface area contributed by atoms with Crippen LogP contribution in [-0.4, -0.2) is 5.11 Å². The summed E-state index contributed by atoms with van der Waals surface area (Å²) in [5, 5.41) is 9.51. The fourth-order valence-corrected chi connectivity index (χ4v) is 4.52. The molecule has 1 rings (SSSR count). The van der Waals surface area contributed by atoms with Gasteiger partial charge in [0.05, 0.1) is 0 Å². The van der Waals surface area contributed by atoms with Crippen LogP contribution in [0.4, 0.5) is 0 Å². The molecule has 1 atom stereocenters. The van der Waals surface area contributed by atoms with Gasteiger partial charge in [-0.15, -0.1) is 0 Å². The second-order valence-corrected chi connectivity index (χ2v) is 9.00. The minimum Gasteiger partial charge on any atom is -0.508 e. The number of alkyl halides is 1. The van der Waals surface area contributed by atoms with E-state index in [1.165, 1.54) is 107 Å². The van der Waals surface area contributed by atoms with Crippen LogP contribution in [-0.2, 0) is 13.5 Å². The second kappa shape index (κ2) is 17.9. The number of phenols is 1. The second-order valence-electron chi connectivity index (χ2n) is 7.89. The summed E-state index contributed by atoms with van der Waals surface area (Å²) < 4.78 is 0. The Morgan fingerprint density at radius 1 is 0.778 bits per heavy atom. The molecule has 0 saturated heterocycles. The maximum absolute atomic E-state index is 9.51. The zero-order chi connectivity index (χ0) is 19.0. The maximum Gasteiger partial charge on any atom is 0.115 e. The van der Waals surface area contributed by atoms with Crippen LogP contribution in [0.1, 0.15) is 119 Å². The van der Waals surface area contributed by atoms with Gasteiger partial charge < -0.3 is 5.11 Å². The van der Waals surface area contributed by atoms with Gasteiger partial charge in [0, 0.05) is 4.83 Å². The summed E-state index contributed by atoms with van der Waals surface area (Å²) in [7, 11) is 0. The molecule has 0 aliphatic rings. The molecule has 1 aromatic carbocycles. The van der Waals surface area contributed by atoms with Crippen molar-refractivity contribution in [2.75, 3.05) is 0 Å². The van der Waals surface area contributed by atoms with Gasteiger partial charge in [-0.05, 0) is 36.6 Å². The quantitative estimate of drug-likeness (QED) is 0.150. The molecule has 3 heteroatoms. The van der Waals surface area contributed by atoms with E-state index in [9.17, 15) is 5.11 Å². The average Bonchev–Trinajstić information content (AvgIpc) is 2.61. The molecule has 0 aromatic heterocycles. The van der Waals surface area contributed by atoms with Gasteiger partial charge in [0.1, 0.15) is 5.75 Å². The van der Waals surface area contributed by atoms with Gasteiger partial charge in [0.2, 0.25) is 0 Å². The molecule has 1 nitrogen and oxygen atoms in total. The van der Waals surface area contributed by atoms with Gasteiger partial charge in [-0.25, -0.2) is 0 Å². The smallest absolute Gasteiger partial charge is 0.115 e. The highest BCUT2D eigenvalue weighted by Crippen LogP contribution is 2.32. The van der Waals surface area contributed by atoms with Crippen molar-refractivity contribution < 1.29 is 5.11 Å². The third-order valence-corrected chi connectivity index (χ3v) is 6.35. The summed E-state index contributed by atoms with van der Waals surface area (Å²) in [6.45, 7) is 4.36. The van der Waals surface area contributed by atoms with Crippen molar-refractivity contribution in [1.29, 1.82) is 0 Å². The van der Waals surface area contributed by atoms with Gasteiger partial charge in [0.15, 0.2) is 0 Å². The molecule has 0 saturated carbocycles. The predicted octanol–water partition coefficient (Wildman–Crippen LogP) is 8.20. The Morgan fingerprint density at radius 2 is 1.22 bits per heavy atom. The summed E-state index contributed by atoms with van der Waals surface area (Å²) in [5.41, 5.74) is 2.50. The molecule has 0 radical (unpaired) electrons. The number of phenolic OH excluding ortho intramolecular Hbond substituents is 1. The first-order valence-electron chi connectivity index (χ1n) is 11.1. The van der Waals surface area contributed by atoms with Gasteiger partial charge >= 0.3 is 0 Å². The zero-order valence-corrected chi connectivity index (χ0v) is 20.6. The summed E-state index contributed by atoms with van der Waals surface area (Å²) >= 11 is 3.82. The van der Waals surface area contributed by atoms with E-state index in [2.05, 4.69) is 29.8 Å². The van der Waals surface area contributed by atoms with E-state index >= 15 is 0 Å². The summed E-state index contributed by atoms with van der Waals surface area (Å²) in [4.78, 5) is 0.417. The Kier molecular flexibility index (Phi) is 17.8. The maximum atomic E-state index is 9.51. The fourth-order valence-electron chi connectivity index (χ4n) is 3.68. The first-order chi connectivity index (χ1) is 12.6. The summed E-state index contributed by atoms with van der Waals surface area (Å²) in [6.07, 6.45) is 20.9. The van der Waals surface area contributed by atoms with E-state index in [-0.39, 0.29) is 13.5 Å². The van der Waals surface area contributed by atoms with Crippen LogP contribution in [0.5, 0.6) is 5.75 Å². The van der Waals surface area contributed by atoms with Gasteiger partial charge in [-0.2, -0.15) is 0 Å². The van der Waals surface area contributed by atoms with Crippen molar-refractivity contribution in [2.24, 2.45) is 0 Å². The molecule has 158 valence electrons. The number of aromatic hydroxyl groups is 1. The van der Waals surface area contributed by atoms with Crippen molar-refractivity contribution >= 4 is 29.4 Å². The molecule has 27 heavy (non-hydrogen) atoms. The molecular formula is C24H44BrOS+. The highest BCUT2D eigenvalue weighted by atomic mass is 79.9. The molecule has 0 fully saturated rings. The molecule has 1 unspecified atom stereocenters. The van der Waals surface area contributed by atoms with Crippen LogP contribution >= 0.6 is 15.9 Å². The van der Waals surface area contributed by atoms with E-state index in [4.69, 9.17) is 0 Å². The highest BCUT2D eigenvalue weighted by molar-refractivity contribution is 9.09. The van der Waals surface area contributed by atoms with E-state index in [1.807, 2.05) is 12.1 Å².